The first-order chi connectivity index (χ1) is 17.2. The molecular weight excluding hydrogens is 490 g/mol. The van der Waals surface area contributed by atoms with Crippen LogP contribution in [0.1, 0.15) is 69.9 Å². The van der Waals surface area contributed by atoms with Gasteiger partial charge in [-0.3, -0.25) is 14.5 Å². The molecule has 3 aliphatic heterocycles. The minimum Gasteiger partial charge on any atom is -0.481 e. The number of rotatable bonds is 4. The number of carbonyl (C=O) groups is 2. The third-order valence-electron chi connectivity index (χ3n) is 8.32. The molecule has 0 spiro atoms. The van der Waals surface area contributed by atoms with Crippen LogP contribution in [0.15, 0.2) is 18.2 Å². The van der Waals surface area contributed by atoms with Crippen molar-refractivity contribution in [2.75, 3.05) is 44.2 Å². The smallest absolute Gasteiger partial charge is 0.416 e. The van der Waals surface area contributed by atoms with Crippen LogP contribution in [0, 0.1) is 5.92 Å². The van der Waals surface area contributed by atoms with Gasteiger partial charge >= 0.3 is 12.1 Å². The molecule has 0 aromatic heterocycles. The highest BCUT2D eigenvalue weighted by Gasteiger charge is 2.49. The van der Waals surface area contributed by atoms with E-state index in [1.54, 1.807) is 4.90 Å². The highest BCUT2D eigenvalue weighted by Crippen LogP contribution is 2.41. The van der Waals surface area contributed by atoms with Gasteiger partial charge in [-0.1, -0.05) is 6.07 Å². The Balaban J connectivity index is 1.48. The van der Waals surface area contributed by atoms with Crippen LogP contribution < -0.4 is 4.90 Å². The summed E-state index contributed by atoms with van der Waals surface area (Å²) >= 11 is 0. The van der Waals surface area contributed by atoms with Crippen molar-refractivity contribution in [3.05, 3.63) is 29.3 Å². The van der Waals surface area contributed by atoms with Crippen LogP contribution in [-0.2, 0) is 15.8 Å². The van der Waals surface area contributed by atoms with E-state index in [4.69, 9.17) is 0 Å². The van der Waals surface area contributed by atoms with Gasteiger partial charge in [0.25, 0.3) is 5.91 Å². The fourth-order valence-corrected chi connectivity index (χ4v) is 5.90. The molecule has 0 unspecified atom stereocenters. The van der Waals surface area contributed by atoms with Gasteiger partial charge in [-0.05, 0) is 70.1 Å². The minimum absolute atomic E-state index is 0.0660. The highest BCUT2D eigenvalue weighted by molar-refractivity contribution is 5.86. The van der Waals surface area contributed by atoms with E-state index in [0.29, 0.717) is 64.1 Å². The van der Waals surface area contributed by atoms with E-state index in [9.17, 15) is 27.9 Å². The quantitative estimate of drug-likeness (QED) is 0.563. The molecule has 1 aromatic rings. The van der Waals surface area contributed by atoms with Crippen molar-refractivity contribution in [2.45, 2.75) is 76.2 Å². The monoisotopic (exact) mass is 527 g/mol. The summed E-state index contributed by atoms with van der Waals surface area (Å²) < 4.78 is 56.2. The fourth-order valence-electron chi connectivity index (χ4n) is 5.90. The summed E-state index contributed by atoms with van der Waals surface area (Å²) in [7, 11) is 0. The topological polar surface area (TPSA) is 64.1 Å². The molecule has 206 valence electrons. The molecule has 1 N–H and O–H groups in total. The van der Waals surface area contributed by atoms with E-state index in [0.717, 1.165) is 11.6 Å². The molecule has 0 radical (unpaired) electrons. The van der Waals surface area contributed by atoms with E-state index < -0.39 is 35.2 Å². The minimum atomic E-state index is -4.49. The molecule has 3 heterocycles. The van der Waals surface area contributed by atoms with Gasteiger partial charge in [0.2, 0.25) is 5.67 Å². The standard InChI is InChI=1S/C27H37F4N3O3/c1-25(2,3)34-15-10-26(28,17-34)24(37)33-13-6-18(7-14-33)21-5-4-20(27(29,30)31)16-22(21)32-11-8-19(9-12-32)23(35)36/h4-5,16,18-19H,6-15,17H2,1-3H3,(H,35,36)/t26-/m1/s1. The second-order valence-corrected chi connectivity index (χ2v) is 11.7. The van der Waals surface area contributed by atoms with E-state index in [1.807, 2.05) is 30.6 Å². The Kier molecular flexibility index (Phi) is 7.53. The molecule has 1 amide bonds. The Morgan fingerprint density at radius 3 is 2.11 bits per heavy atom. The van der Waals surface area contributed by atoms with Gasteiger partial charge in [0.05, 0.1) is 11.5 Å². The maximum atomic E-state index is 15.7. The summed E-state index contributed by atoms with van der Waals surface area (Å²) in [5, 5.41) is 9.30. The van der Waals surface area contributed by atoms with Crippen molar-refractivity contribution in [3.63, 3.8) is 0 Å². The Morgan fingerprint density at radius 2 is 1.59 bits per heavy atom. The Labute approximate surface area is 215 Å². The number of aliphatic carboxylic acids is 1. The number of anilines is 1. The molecule has 3 saturated heterocycles. The first kappa shape index (κ1) is 27.7. The Hall–Kier alpha value is -2.36. The summed E-state index contributed by atoms with van der Waals surface area (Å²) in [6.07, 6.45) is -2.49. The molecule has 4 rings (SSSR count). The van der Waals surface area contributed by atoms with Crippen LogP contribution in [0.25, 0.3) is 0 Å². The zero-order chi connectivity index (χ0) is 27.2. The summed E-state index contributed by atoms with van der Waals surface area (Å²) in [6.45, 7) is 8.05. The van der Waals surface area contributed by atoms with Gasteiger partial charge in [-0.2, -0.15) is 13.2 Å². The molecule has 3 fully saturated rings. The summed E-state index contributed by atoms with van der Waals surface area (Å²) in [5.74, 6) is -1.91. The number of carboxylic acid groups (broad SMARTS) is 1. The molecule has 6 nitrogen and oxygen atoms in total. The first-order valence-corrected chi connectivity index (χ1v) is 13.1. The fraction of sp³-hybridized carbons (Fsp3) is 0.704. The number of amides is 1. The van der Waals surface area contributed by atoms with Gasteiger partial charge in [-0.15, -0.1) is 0 Å². The second-order valence-electron chi connectivity index (χ2n) is 11.7. The van der Waals surface area contributed by atoms with Crippen LogP contribution in [0.2, 0.25) is 0 Å². The van der Waals surface area contributed by atoms with Gasteiger partial charge in [0.15, 0.2) is 0 Å². The Morgan fingerprint density at radius 1 is 0.973 bits per heavy atom. The summed E-state index contributed by atoms with van der Waals surface area (Å²) in [5.41, 5.74) is -1.60. The van der Waals surface area contributed by atoms with Gasteiger partial charge in [0, 0.05) is 56.9 Å². The lowest BCUT2D eigenvalue weighted by molar-refractivity contribution is -0.145. The number of alkyl halides is 4. The molecule has 0 bridgehead atoms. The zero-order valence-corrected chi connectivity index (χ0v) is 21.8. The van der Waals surface area contributed by atoms with E-state index in [1.165, 1.54) is 12.1 Å². The number of hydrogen-bond donors (Lipinski definition) is 1. The third-order valence-corrected chi connectivity index (χ3v) is 8.32. The number of piperidine rings is 2. The van der Waals surface area contributed by atoms with Gasteiger partial charge in [0.1, 0.15) is 0 Å². The van der Waals surface area contributed by atoms with Crippen molar-refractivity contribution < 1.29 is 32.3 Å². The van der Waals surface area contributed by atoms with Gasteiger partial charge < -0.3 is 14.9 Å². The summed E-state index contributed by atoms with van der Waals surface area (Å²) in [6, 6.07) is 3.79. The second kappa shape index (κ2) is 10.1. The maximum Gasteiger partial charge on any atom is 0.416 e. The number of carbonyl (C=O) groups excluding carboxylic acids is 1. The van der Waals surface area contributed by atoms with E-state index >= 15 is 4.39 Å². The molecule has 0 aliphatic carbocycles. The van der Waals surface area contributed by atoms with Crippen molar-refractivity contribution in [2.24, 2.45) is 5.92 Å². The molecule has 37 heavy (non-hydrogen) atoms. The first-order valence-electron chi connectivity index (χ1n) is 13.1. The number of nitrogens with zero attached hydrogens (tertiary/aromatic N) is 3. The molecule has 1 aromatic carbocycles. The largest absolute Gasteiger partial charge is 0.481 e. The normalized spacial score (nSPS) is 25.1. The predicted octanol–water partition coefficient (Wildman–Crippen LogP) is 4.92. The maximum absolute atomic E-state index is 15.7. The number of benzene rings is 1. The number of halogens is 4. The molecule has 10 heteroatoms. The third kappa shape index (κ3) is 5.89. The summed E-state index contributed by atoms with van der Waals surface area (Å²) in [4.78, 5) is 29.9. The predicted molar refractivity (Wildman–Crippen MR) is 132 cm³/mol. The SMILES string of the molecule is CC(C)(C)N1CC[C@](F)(C(=O)N2CCC(c3ccc(C(F)(F)F)cc3N3CCC(C(=O)O)CC3)CC2)C1. The van der Waals surface area contributed by atoms with Gasteiger partial charge in [-0.25, -0.2) is 4.39 Å². The lowest BCUT2D eigenvalue weighted by Crippen LogP contribution is -2.51. The van der Waals surface area contributed by atoms with Crippen molar-refractivity contribution >= 4 is 17.6 Å². The van der Waals surface area contributed by atoms with Crippen LogP contribution in [0.5, 0.6) is 0 Å². The van der Waals surface area contributed by atoms with Crippen LogP contribution in [0.3, 0.4) is 0 Å². The zero-order valence-electron chi connectivity index (χ0n) is 21.8. The highest BCUT2D eigenvalue weighted by atomic mass is 19.4. The average molecular weight is 528 g/mol. The molecule has 1 atom stereocenters. The number of likely N-dealkylation sites (tertiary alicyclic amines) is 2. The number of carboxylic acids is 1. The molecule has 3 aliphatic rings. The molecule has 0 saturated carbocycles. The van der Waals surface area contributed by atoms with Crippen molar-refractivity contribution in [1.29, 1.82) is 0 Å². The van der Waals surface area contributed by atoms with Crippen LogP contribution in [-0.4, -0.2) is 77.3 Å². The number of hydrogen-bond acceptors (Lipinski definition) is 4. The Bertz CT molecular complexity index is 1010. The van der Waals surface area contributed by atoms with Crippen molar-refractivity contribution in [1.82, 2.24) is 9.80 Å². The van der Waals surface area contributed by atoms with E-state index in [2.05, 4.69) is 0 Å². The van der Waals surface area contributed by atoms with E-state index in [-0.39, 0.29) is 24.4 Å². The lowest BCUT2D eigenvalue weighted by Gasteiger charge is -2.39. The van der Waals surface area contributed by atoms with Crippen molar-refractivity contribution in [3.8, 4) is 0 Å². The lowest BCUT2D eigenvalue weighted by atomic mass is 9.86. The van der Waals surface area contributed by atoms with Crippen LogP contribution in [0.4, 0.5) is 23.2 Å². The average Bonchev–Trinajstić information content (AvgIpc) is 3.27. The van der Waals surface area contributed by atoms with Crippen LogP contribution >= 0.6 is 0 Å². The molecular formula is C27H37F4N3O3.